The van der Waals surface area contributed by atoms with Crippen molar-refractivity contribution >= 4 is 17.0 Å². The number of hydrogen-bond donors (Lipinski definition) is 4. The van der Waals surface area contributed by atoms with Crippen LogP contribution in [0.25, 0.3) is 11.0 Å². The maximum atomic E-state index is 13.9. The van der Waals surface area contributed by atoms with Crippen LogP contribution in [0.2, 0.25) is 0 Å². The number of nitrogens with zero attached hydrogens (tertiary/aromatic N) is 3. The minimum absolute atomic E-state index is 0.0487. The van der Waals surface area contributed by atoms with Gasteiger partial charge in [0.05, 0.1) is 31.9 Å². The first kappa shape index (κ1) is 21.6. The van der Waals surface area contributed by atoms with Crippen molar-refractivity contribution in [3.8, 4) is 11.5 Å². The summed E-state index contributed by atoms with van der Waals surface area (Å²) in [5.74, 6) is -2.33. The molecule has 0 saturated carbocycles. The molecule has 0 spiro atoms. The average Bonchev–Trinajstić information content (AvgIpc) is 2.71. The Kier molecular flexibility index (Phi) is 6.55. The van der Waals surface area contributed by atoms with E-state index in [4.69, 9.17) is 4.74 Å². The number of aliphatic hydroxyl groups excluding tert-OH is 3. The molecule has 160 valence electrons. The Morgan fingerprint density at radius 3 is 2.57 bits per heavy atom. The molecule has 0 bridgehead atoms. The van der Waals surface area contributed by atoms with Crippen molar-refractivity contribution in [1.82, 2.24) is 14.5 Å². The highest BCUT2D eigenvalue weighted by Gasteiger charge is 2.17. The Morgan fingerprint density at radius 2 is 1.93 bits per heavy atom. The lowest BCUT2D eigenvalue weighted by molar-refractivity contribution is 0.173. The van der Waals surface area contributed by atoms with Crippen LogP contribution >= 0.6 is 0 Å². The fourth-order valence-electron chi connectivity index (χ4n) is 2.72. The molecule has 0 fully saturated rings. The summed E-state index contributed by atoms with van der Waals surface area (Å²) in [5.41, 5.74) is -0.544. The summed E-state index contributed by atoms with van der Waals surface area (Å²) in [6.45, 7) is 0.598. The van der Waals surface area contributed by atoms with Crippen LogP contribution in [-0.2, 0) is 6.54 Å². The van der Waals surface area contributed by atoms with E-state index in [1.165, 1.54) is 19.2 Å². The fourth-order valence-corrected chi connectivity index (χ4v) is 2.72. The second-order valence-electron chi connectivity index (χ2n) is 6.63. The molecule has 9 nitrogen and oxygen atoms in total. The Labute approximate surface area is 169 Å². The predicted octanol–water partition coefficient (Wildman–Crippen LogP) is 1.01. The molecule has 1 aromatic carbocycles. The van der Waals surface area contributed by atoms with Gasteiger partial charge < -0.3 is 25.4 Å². The first-order valence-electron chi connectivity index (χ1n) is 9.02. The second-order valence-corrected chi connectivity index (χ2v) is 6.63. The van der Waals surface area contributed by atoms with E-state index < -0.39 is 29.3 Å². The lowest BCUT2D eigenvalue weighted by atomic mass is 10.2. The van der Waals surface area contributed by atoms with Crippen molar-refractivity contribution in [2.45, 2.75) is 25.6 Å². The van der Waals surface area contributed by atoms with Gasteiger partial charge in [0, 0.05) is 17.6 Å². The summed E-state index contributed by atoms with van der Waals surface area (Å²) in [7, 11) is 0. The Morgan fingerprint density at radius 1 is 1.20 bits per heavy atom. The van der Waals surface area contributed by atoms with E-state index in [1.54, 1.807) is 0 Å². The number of pyridine rings is 1. The highest BCUT2D eigenvalue weighted by molar-refractivity contribution is 5.77. The molecular formula is C19H20F2N4O5. The van der Waals surface area contributed by atoms with E-state index >= 15 is 0 Å². The normalized spacial score (nSPS) is 12.4. The SMILES string of the molecule is C[C@H](O)Cn1c(=O)c(Oc2ccc(F)cc2F)cc2cnc(NC(CO)CO)nc21. The Bertz CT molecular complexity index is 1100. The zero-order chi connectivity index (χ0) is 21.8. The molecule has 4 N–H and O–H groups in total. The molecule has 0 unspecified atom stereocenters. The van der Waals surface area contributed by atoms with Gasteiger partial charge in [-0.05, 0) is 25.1 Å². The lowest BCUT2D eigenvalue weighted by Gasteiger charge is -2.16. The molecule has 0 aliphatic carbocycles. The van der Waals surface area contributed by atoms with Crippen molar-refractivity contribution in [1.29, 1.82) is 0 Å². The number of nitrogens with one attached hydrogen (secondary N) is 1. The van der Waals surface area contributed by atoms with Gasteiger partial charge in [0.25, 0.3) is 5.56 Å². The minimum atomic E-state index is -0.980. The predicted molar refractivity (Wildman–Crippen MR) is 103 cm³/mol. The molecule has 11 heteroatoms. The third kappa shape index (κ3) is 4.70. The smallest absolute Gasteiger partial charge is 0.295 e. The number of rotatable bonds is 8. The molecule has 30 heavy (non-hydrogen) atoms. The minimum Gasteiger partial charge on any atom is -0.448 e. The molecule has 3 aromatic rings. The zero-order valence-corrected chi connectivity index (χ0v) is 15.9. The number of hydrogen-bond acceptors (Lipinski definition) is 8. The lowest BCUT2D eigenvalue weighted by Crippen LogP contribution is -2.30. The quantitative estimate of drug-likeness (QED) is 0.423. The molecule has 0 amide bonds. The molecule has 2 aromatic heterocycles. The van der Waals surface area contributed by atoms with E-state index in [2.05, 4.69) is 15.3 Å². The van der Waals surface area contributed by atoms with Gasteiger partial charge in [-0.2, -0.15) is 4.98 Å². The molecule has 0 aliphatic heterocycles. The van der Waals surface area contributed by atoms with E-state index in [1.807, 2.05) is 0 Å². The van der Waals surface area contributed by atoms with Crippen LogP contribution in [0.4, 0.5) is 14.7 Å². The van der Waals surface area contributed by atoms with Gasteiger partial charge >= 0.3 is 0 Å². The Hall–Kier alpha value is -3.15. The third-order valence-corrected chi connectivity index (χ3v) is 4.13. The van der Waals surface area contributed by atoms with Gasteiger partial charge in [-0.3, -0.25) is 9.36 Å². The monoisotopic (exact) mass is 422 g/mol. The van der Waals surface area contributed by atoms with E-state index in [0.29, 0.717) is 11.5 Å². The zero-order valence-electron chi connectivity index (χ0n) is 15.9. The number of aliphatic hydroxyl groups is 3. The summed E-state index contributed by atoms with van der Waals surface area (Å²) in [4.78, 5) is 21.2. The second kappa shape index (κ2) is 9.11. The molecule has 2 heterocycles. The maximum absolute atomic E-state index is 13.9. The molecule has 0 aliphatic rings. The van der Waals surface area contributed by atoms with Gasteiger partial charge in [-0.1, -0.05) is 0 Å². The number of fused-ring (bicyclic) bond motifs is 1. The van der Waals surface area contributed by atoms with E-state index in [-0.39, 0.29) is 42.9 Å². The van der Waals surface area contributed by atoms with Crippen LogP contribution in [0.1, 0.15) is 6.92 Å². The maximum Gasteiger partial charge on any atom is 0.295 e. The molecular weight excluding hydrogens is 402 g/mol. The summed E-state index contributed by atoms with van der Waals surface area (Å²) < 4.78 is 33.6. The number of halogens is 2. The number of benzene rings is 1. The van der Waals surface area contributed by atoms with E-state index in [9.17, 15) is 28.9 Å². The summed E-state index contributed by atoms with van der Waals surface area (Å²) in [6.07, 6.45) is 0.445. The highest BCUT2D eigenvalue weighted by atomic mass is 19.1. The van der Waals surface area contributed by atoms with Crippen molar-refractivity contribution < 1.29 is 28.8 Å². The third-order valence-electron chi connectivity index (χ3n) is 4.13. The van der Waals surface area contributed by atoms with Crippen LogP contribution in [-0.4, -0.2) is 55.2 Å². The molecule has 3 rings (SSSR count). The van der Waals surface area contributed by atoms with Crippen molar-refractivity contribution in [2.75, 3.05) is 18.5 Å². The molecule has 0 radical (unpaired) electrons. The number of ether oxygens (including phenoxy) is 1. The molecule has 1 atom stereocenters. The number of anilines is 1. The Balaban J connectivity index is 2.09. The van der Waals surface area contributed by atoms with Crippen LogP contribution in [0.15, 0.2) is 35.3 Å². The largest absolute Gasteiger partial charge is 0.448 e. The standard InChI is InChI=1S/C19H20F2N4O5/c1-10(28)7-25-17-11(6-22-19(24-17)23-13(8-26)9-27)4-16(18(25)29)30-15-3-2-12(20)5-14(15)21/h2-6,10,13,26-28H,7-9H2,1H3,(H,22,23,24)/t10-/m0/s1. The van der Waals surface area contributed by atoms with Crippen LogP contribution in [0.3, 0.4) is 0 Å². The van der Waals surface area contributed by atoms with Crippen LogP contribution in [0.5, 0.6) is 11.5 Å². The summed E-state index contributed by atoms with van der Waals surface area (Å²) in [6, 6.07) is 3.28. The summed E-state index contributed by atoms with van der Waals surface area (Å²) >= 11 is 0. The van der Waals surface area contributed by atoms with Crippen molar-refractivity contribution in [3.05, 3.63) is 52.5 Å². The van der Waals surface area contributed by atoms with E-state index in [0.717, 1.165) is 16.7 Å². The van der Waals surface area contributed by atoms with Crippen LogP contribution < -0.4 is 15.6 Å². The topological polar surface area (TPSA) is 130 Å². The fraction of sp³-hybridized carbons (Fsp3) is 0.316. The van der Waals surface area contributed by atoms with Gasteiger partial charge in [-0.25, -0.2) is 13.8 Å². The first-order valence-corrected chi connectivity index (χ1v) is 9.02. The van der Waals surface area contributed by atoms with Gasteiger partial charge in [-0.15, -0.1) is 0 Å². The van der Waals surface area contributed by atoms with Gasteiger partial charge in [0.15, 0.2) is 17.3 Å². The number of aromatic nitrogens is 3. The average molecular weight is 422 g/mol. The highest BCUT2D eigenvalue weighted by Crippen LogP contribution is 2.25. The van der Waals surface area contributed by atoms with Crippen molar-refractivity contribution in [2.24, 2.45) is 0 Å². The first-order chi connectivity index (χ1) is 14.3. The van der Waals surface area contributed by atoms with Gasteiger partial charge in [0.2, 0.25) is 5.95 Å². The van der Waals surface area contributed by atoms with Gasteiger partial charge in [0.1, 0.15) is 11.5 Å². The molecule has 0 saturated heterocycles. The van der Waals surface area contributed by atoms with Crippen LogP contribution in [0, 0.1) is 11.6 Å². The van der Waals surface area contributed by atoms with Crippen molar-refractivity contribution in [3.63, 3.8) is 0 Å². The summed E-state index contributed by atoms with van der Waals surface area (Å²) in [5, 5.41) is 31.3.